The molecule has 3 rings (SSSR count). The summed E-state index contributed by atoms with van der Waals surface area (Å²) in [5.74, 6) is 1.15. The van der Waals surface area contributed by atoms with Crippen LogP contribution in [-0.2, 0) is 20.0 Å². The Morgan fingerprint density at radius 3 is 1.91 bits per heavy atom. The highest BCUT2D eigenvalue weighted by Gasteiger charge is 2.22. The van der Waals surface area contributed by atoms with E-state index >= 15 is 0 Å². The molecule has 0 unspecified atom stereocenters. The largest absolute Gasteiger partial charge is 0.497 e. The van der Waals surface area contributed by atoms with E-state index in [1.54, 1.807) is 38.1 Å². The van der Waals surface area contributed by atoms with Gasteiger partial charge in [-0.05, 0) is 54.6 Å². The Kier molecular flexibility index (Phi) is 7.57. The third kappa shape index (κ3) is 5.81. The molecule has 1 N–H and O–H groups in total. The normalized spacial score (nSPS) is 11.9. The summed E-state index contributed by atoms with van der Waals surface area (Å²) in [6, 6.07) is 15.2. The summed E-state index contributed by atoms with van der Waals surface area (Å²) in [5.41, 5.74) is 0.403. The number of hydrogen-bond acceptors (Lipinski definition) is 7. The van der Waals surface area contributed by atoms with Crippen LogP contribution in [0.25, 0.3) is 0 Å². The molecule has 2 aromatic carbocycles. The number of pyridine rings is 1. The van der Waals surface area contributed by atoms with Gasteiger partial charge in [-0.25, -0.2) is 21.8 Å². The van der Waals surface area contributed by atoms with E-state index in [1.165, 1.54) is 54.0 Å². The van der Waals surface area contributed by atoms with Crippen LogP contribution in [0.5, 0.6) is 17.4 Å². The number of benzene rings is 2. The molecule has 0 amide bonds. The zero-order chi connectivity index (χ0) is 24.1. The highest BCUT2D eigenvalue weighted by atomic mass is 32.2. The van der Waals surface area contributed by atoms with E-state index in [9.17, 15) is 16.8 Å². The molecule has 1 heterocycles. The second kappa shape index (κ2) is 10.2. The molecule has 3 aromatic rings. The van der Waals surface area contributed by atoms with E-state index in [-0.39, 0.29) is 15.7 Å². The first kappa shape index (κ1) is 24.5. The third-order valence-electron chi connectivity index (χ3n) is 4.75. The van der Waals surface area contributed by atoms with Crippen molar-refractivity contribution in [2.75, 3.05) is 24.9 Å². The topological polar surface area (TPSA) is 115 Å². The summed E-state index contributed by atoms with van der Waals surface area (Å²) in [4.78, 5) is 4.19. The molecule has 11 heteroatoms. The quantitative estimate of drug-likeness (QED) is 0.460. The smallest absolute Gasteiger partial charge is 0.261 e. The van der Waals surface area contributed by atoms with Crippen LogP contribution >= 0.6 is 0 Å². The number of hydrogen-bond donors (Lipinski definition) is 1. The van der Waals surface area contributed by atoms with Crippen molar-refractivity contribution in [3.8, 4) is 17.4 Å². The number of nitrogens with one attached hydrogen (secondary N) is 1. The van der Waals surface area contributed by atoms with Gasteiger partial charge in [-0.1, -0.05) is 13.8 Å². The minimum absolute atomic E-state index is 0.0549. The molecule has 0 saturated heterocycles. The first-order valence-electron chi connectivity index (χ1n) is 10.1. The van der Waals surface area contributed by atoms with Gasteiger partial charge in [-0.15, -0.1) is 0 Å². The van der Waals surface area contributed by atoms with Crippen LogP contribution in [-0.4, -0.2) is 46.3 Å². The number of nitrogens with zero attached hydrogens (tertiary/aromatic N) is 2. The van der Waals surface area contributed by atoms with Crippen LogP contribution in [0, 0.1) is 0 Å². The number of anilines is 1. The second-order valence-corrected chi connectivity index (χ2v) is 10.4. The fourth-order valence-corrected chi connectivity index (χ4v) is 5.44. The van der Waals surface area contributed by atoms with Crippen LogP contribution < -0.4 is 14.2 Å². The molecule has 0 aliphatic rings. The lowest BCUT2D eigenvalue weighted by Crippen LogP contribution is -2.30. The molecular formula is C22H25N3O6S2. The number of methoxy groups -OCH3 is 1. The van der Waals surface area contributed by atoms with Crippen molar-refractivity contribution >= 4 is 25.7 Å². The minimum Gasteiger partial charge on any atom is -0.497 e. The highest BCUT2D eigenvalue weighted by Crippen LogP contribution is 2.25. The molecule has 0 radical (unpaired) electrons. The Balaban J connectivity index is 1.70. The Morgan fingerprint density at radius 2 is 1.39 bits per heavy atom. The van der Waals surface area contributed by atoms with Gasteiger partial charge in [0, 0.05) is 24.8 Å². The molecule has 0 bridgehead atoms. The minimum atomic E-state index is -3.79. The number of aromatic nitrogens is 1. The van der Waals surface area contributed by atoms with Gasteiger partial charge in [-0.3, -0.25) is 4.72 Å². The maximum Gasteiger partial charge on any atom is 0.261 e. The van der Waals surface area contributed by atoms with Gasteiger partial charge < -0.3 is 9.47 Å². The Morgan fingerprint density at radius 1 is 0.818 bits per heavy atom. The highest BCUT2D eigenvalue weighted by molar-refractivity contribution is 7.92. The Bertz CT molecular complexity index is 1270. The molecule has 0 aliphatic heterocycles. The third-order valence-corrected chi connectivity index (χ3v) is 8.18. The lowest BCUT2D eigenvalue weighted by molar-refractivity contribution is 0.415. The number of rotatable bonds is 10. The Labute approximate surface area is 194 Å². The van der Waals surface area contributed by atoms with Gasteiger partial charge in [0.1, 0.15) is 16.4 Å². The van der Waals surface area contributed by atoms with E-state index in [1.807, 2.05) is 0 Å². The number of ether oxygens (including phenoxy) is 2. The van der Waals surface area contributed by atoms with Gasteiger partial charge in [-0.2, -0.15) is 4.31 Å². The first-order valence-corrected chi connectivity index (χ1v) is 13.0. The van der Waals surface area contributed by atoms with Crippen LogP contribution in [0.2, 0.25) is 0 Å². The van der Waals surface area contributed by atoms with Gasteiger partial charge in [0.15, 0.2) is 0 Å². The monoisotopic (exact) mass is 491 g/mol. The van der Waals surface area contributed by atoms with Crippen molar-refractivity contribution in [1.29, 1.82) is 0 Å². The maximum absolute atomic E-state index is 12.6. The fraction of sp³-hybridized carbons (Fsp3) is 0.227. The summed E-state index contributed by atoms with van der Waals surface area (Å²) in [6.07, 6.45) is 1.24. The van der Waals surface area contributed by atoms with E-state index < -0.39 is 20.0 Å². The predicted molar refractivity (Wildman–Crippen MR) is 125 cm³/mol. The maximum atomic E-state index is 12.6. The molecule has 1 aromatic heterocycles. The standard InChI is InChI=1S/C22H25N3O6S2/c1-4-25(5-2)33(28,29)21-14-15-22(23-16-21)31-19-10-12-20(13-11-19)32(26,27)24-17-6-8-18(30-3)9-7-17/h6-16,24H,4-5H2,1-3H3. The van der Waals surface area contributed by atoms with Gasteiger partial charge >= 0.3 is 0 Å². The molecular weight excluding hydrogens is 466 g/mol. The van der Waals surface area contributed by atoms with Crippen molar-refractivity contribution in [3.63, 3.8) is 0 Å². The zero-order valence-corrected chi connectivity index (χ0v) is 20.1. The van der Waals surface area contributed by atoms with Crippen molar-refractivity contribution in [1.82, 2.24) is 9.29 Å². The average Bonchev–Trinajstić information content (AvgIpc) is 2.81. The van der Waals surface area contributed by atoms with Crippen LogP contribution in [0.3, 0.4) is 0 Å². The van der Waals surface area contributed by atoms with Crippen molar-refractivity contribution in [3.05, 3.63) is 66.9 Å². The lowest BCUT2D eigenvalue weighted by Gasteiger charge is -2.18. The summed E-state index contributed by atoms with van der Waals surface area (Å²) in [5, 5.41) is 0. The van der Waals surface area contributed by atoms with Crippen LogP contribution in [0.15, 0.2) is 76.7 Å². The van der Waals surface area contributed by atoms with Crippen LogP contribution in [0.4, 0.5) is 5.69 Å². The molecule has 0 atom stereocenters. The molecule has 0 saturated carbocycles. The van der Waals surface area contributed by atoms with Gasteiger partial charge in [0.25, 0.3) is 10.0 Å². The first-order chi connectivity index (χ1) is 15.7. The lowest BCUT2D eigenvalue weighted by atomic mass is 10.3. The van der Waals surface area contributed by atoms with E-state index in [0.717, 1.165) is 0 Å². The molecule has 9 nitrogen and oxygen atoms in total. The van der Waals surface area contributed by atoms with Crippen molar-refractivity contribution in [2.24, 2.45) is 0 Å². The average molecular weight is 492 g/mol. The van der Waals surface area contributed by atoms with E-state index in [2.05, 4.69) is 9.71 Å². The van der Waals surface area contributed by atoms with Crippen LogP contribution in [0.1, 0.15) is 13.8 Å². The second-order valence-electron chi connectivity index (χ2n) is 6.83. The predicted octanol–water partition coefficient (Wildman–Crippen LogP) is 3.71. The summed E-state index contributed by atoms with van der Waals surface area (Å²) < 4.78 is 64.8. The van der Waals surface area contributed by atoms with Gasteiger partial charge in [0.05, 0.1) is 18.2 Å². The van der Waals surface area contributed by atoms with Gasteiger partial charge in [0.2, 0.25) is 15.9 Å². The zero-order valence-electron chi connectivity index (χ0n) is 18.4. The number of sulfonamides is 2. The molecule has 33 heavy (non-hydrogen) atoms. The summed E-state index contributed by atoms with van der Waals surface area (Å²) in [7, 11) is -5.87. The molecule has 0 spiro atoms. The van der Waals surface area contributed by atoms with E-state index in [4.69, 9.17) is 9.47 Å². The molecule has 176 valence electrons. The molecule has 0 fully saturated rings. The summed E-state index contributed by atoms with van der Waals surface area (Å²) in [6.45, 7) is 4.25. The van der Waals surface area contributed by atoms with Crippen molar-refractivity contribution < 1.29 is 26.3 Å². The molecule has 0 aliphatic carbocycles. The summed E-state index contributed by atoms with van der Waals surface area (Å²) >= 11 is 0. The SMILES string of the molecule is CCN(CC)S(=O)(=O)c1ccc(Oc2ccc(S(=O)(=O)Nc3ccc(OC)cc3)cc2)nc1. The van der Waals surface area contributed by atoms with Crippen molar-refractivity contribution in [2.45, 2.75) is 23.6 Å². The van der Waals surface area contributed by atoms with E-state index in [0.29, 0.717) is 30.3 Å². The Hall–Kier alpha value is -3.15. The fourth-order valence-electron chi connectivity index (χ4n) is 2.97.